The van der Waals surface area contributed by atoms with Crippen molar-refractivity contribution in [2.75, 3.05) is 0 Å². The monoisotopic (exact) mass is 470 g/mol. The quantitative estimate of drug-likeness (QED) is 0.386. The molecule has 1 aliphatic heterocycles. The number of fused-ring (bicyclic) bond motifs is 3. The molecule has 2 aromatic carbocycles. The Morgan fingerprint density at radius 2 is 1.72 bits per heavy atom. The van der Waals surface area contributed by atoms with Crippen molar-refractivity contribution in [2.24, 2.45) is 4.99 Å². The molecule has 0 saturated carbocycles. The molecule has 0 aliphatic carbocycles. The Kier molecular flexibility index (Phi) is 4.98. The van der Waals surface area contributed by atoms with E-state index in [4.69, 9.17) is 23.2 Å². The number of aliphatic imine (C=N–C) groups is 1. The predicted molar refractivity (Wildman–Crippen MR) is 118 cm³/mol. The molecule has 1 atom stereocenters. The Morgan fingerprint density at radius 1 is 0.969 bits per heavy atom. The van der Waals surface area contributed by atoms with Gasteiger partial charge in [-0.25, -0.2) is 18.7 Å². The van der Waals surface area contributed by atoms with Gasteiger partial charge in [-0.3, -0.25) is 9.56 Å². The van der Waals surface area contributed by atoms with Crippen molar-refractivity contribution >= 4 is 28.9 Å². The van der Waals surface area contributed by atoms with E-state index in [0.29, 0.717) is 23.0 Å². The number of nitrogens with zero attached hydrogens (tertiary/aromatic N) is 6. The first-order chi connectivity index (χ1) is 15.4. The van der Waals surface area contributed by atoms with Crippen LogP contribution in [0.5, 0.6) is 0 Å². The lowest BCUT2D eigenvalue weighted by Gasteiger charge is -2.16. The summed E-state index contributed by atoms with van der Waals surface area (Å²) in [5.74, 6) is -0.644. The average Bonchev–Trinajstić information content (AvgIpc) is 3.15. The van der Waals surface area contributed by atoms with Crippen LogP contribution in [0, 0.1) is 18.6 Å². The number of halogens is 4. The van der Waals surface area contributed by atoms with E-state index in [-0.39, 0.29) is 26.9 Å². The maximum absolute atomic E-state index is 14.8. The zero-order valence-corrected chi connectivity index (χ0v) is 18.3. The molecule has 2 aromatic heterocycles. The topological polar surface area (TPSA) is 68.8 Å². The van der Waals surface area contributed by atoms with Crippen LogP contribution in [0.25, 0.3) is 17.2 Å². The van der Waals surface area contributed by atoms with Crippen LogP contribution >= 0.6 is 23.2 Å². The van der Waals surface area contributed by atoms with E-state index in [2.05, 4.69) is 25.2 Å². The summed E-state index contributed by atoms with van der Waals surface area (Å²) in [5.41, 5.74) is 1.79. The fourth-order valence-electron chi connectivity index (χ4n) is 3.73. The molecule has 6 nitrogen and oxygen atoms in total. The molecule has 0 spiro atoms. The van der Waals surface area contributed by atoms with Crippen molar-refractivity contribution < 1.29 is 8.78 Å². The van der Waals surface area contributed by atoms with E-state index in [9.17, 15) is 8.78 Å². The van der Waals surface area contributed by atoms with Crippen molar-refractivity contribution in [1.29, 1.82) is 0 Å². The van der Waals surface area contributed by atoms with Crippen LogP contribution in [0.2, 0.25) is 10.0 Å². The zero-order chi connectivity index (χ0) is 22.6. The van der Waals surface area contributed by atoms with Crippen molar-refractivity contribution in [2.45, 2.75) is 19.9 Å². The molecule has 0 saturated heterocycles. The van der Waals surface area contributed by atoms with Gasteiger partial charge in [0.15, 0.2) is 11.6 Å². The highest BCUT2D eigenvalue weighted by Crippen LogP contribution is 2.39. The van der Waals surface area contributed by atoms with Gasteiger partial charge in [0.1, 0.15) is 29.7 Å². The second-order valence-corrected chi connectivity index (χ2v) is 8.05. The number of aromatic nitrogens is 5. The lowest BCUT2D eigenvalue weighted by atomic mass is 9.99. The molecular weight excluding hydrogens is 457 g/mol. The molecule has 0 fully saturated rings. The van der Waals surface area contributed by atoms with E-state index < -0.39 is 17.7 Å². The van der Waals surface area contributed by atoms with Crippen LogP contribution in [-0.2, 0) is 0 Å². The Labute approximate surface area is 191 Å². The van der Waals surface area contributed by atoms with Crippen LogP contribution < -0.4 is 0 Å². The summed E-state index contributed by atoms with van der Waals surface area (Å²) in [7, 11) is 0. The fourth-order valence-corrected chi connectivity index (χ4v) is 4.14. The van der Waals surface area contributed by atoms with Gasteiger partial charge >= 0.3 is 0 Å². The minimum atomic E-state index is -0.762. The van der Waals surface area contributed by atoms with Gasteiger partial charge in [0.25, 0.3) is 0 Å². The van der Waals surface area contributed by atoms with Crippen LogP contribution in [0.3, 0.4) is 0 Å². The summed E-state index contributed by atoms with van der Waals surface area (Å²) in [6, 6.07) is 8.10. The number of benzene rings is 2. The van der Waals surface area contributed by atoms with Gasteiger partial charge in [0.05, 0.1) is 27.0 Å². The predicted octanol–water partition coefficient (Wildman–Crippen LogP) is 5.53. The summed E-state index contributed by atoms with van der Waals surface area (Å²) < 4.78 is 31.4. The second-order valence-electron chi connectivity index (χ2n) is 7.27. The molecule has 0 radical (unpaired) electrons. The molecule has 0 N–H and O–H groups in total. The van der Waals surface area contributed by atoms with Crippen LogP contribution in [0.15, 0.2) is 47.7 Å². The van der Waals surface area contributed by atoms with Gasteiger partial charge in [-0.2, -0.15) is 0 Å². The van der Waals surface area contributed by atoms with Crippen LogP contribution in [-0.4, -0.2) is 30.4 Å². The Morgan fingerprint density at radius 3 is 2.44 bits per heavy atom. The first-order valence-electron chi connectivity index (χ1n) is 9.62. The fraction of sp³-hybridized carbons (Fsp3) is 0.136. The van der Waals surface area contributed by atoms with Crippen LogP contribution in [0.4, 0.5) is 8.78 Å². The smallest absolute Gasteiger partial charge is 0.187 e. The van der Waals surface area contributed by atoms with Gasteiger partial charge in [0.2, 0.25) is 0 Å². The second kappa shape index (κ2) is 7.72. The Hall–Kier alpha value is -3.23. The third-order valence-electron chi connectivity index (χ3n) is 5.17. The van der Waals surface area contributed by atoms with Gasteiger partial charge in [-0.05, 0) is 44.2 Å². The minimum absolute atomic E-state index is 0.0471. The molecule has 10 heteroatoms. The van der Waals surface area contributed by atoms with Crippen molar-refractivity contribution in [3.63, 3.8) is 0 Å². The summed E-state index contributed by atoms with van der Waals surface area (Å²) in [4.78, 5) is 13.1. The molecule has 32 heavy (non-hydrogen) atoms. The third-order valence-corrected chi connectivity index (χ3v) is 5.97. The maximum Gasteiger partial charge on any atom is 0.187 e. The molecule has 5 rings (SSSR count). The molecule has 4 aromatic rings. The Bertz CT molecular complexity index is 1400. The third kappa shape index (κ3) is 3.18. The summed E-state index contributed by atoms with van der Waals surface area (Å²) in [6.45, 7) is 3.59. The van der Waals surface area contributed by atoms with Gasteiger partial charge < -0.3 is 0 Å². The zero-order valence-electron chi connectivity index (χ0n) is 16.8. The first-order valence-corrected chi connectivity index (χ1v) is 10.4. The lowest BCUT2D eigenvalue weighted by molar-refractivity contribution is 0.578. The molecule has 1 aliphatic rings. The maximum atomic E-state index is 14.8. The standard InChI is InChI=1S/C22H14Cl2F2N6/c1-10-8-15(28-9-27-10)22-31-30-21-11(2)29-20(17-13(25)4-3-5-14(17)26)18-16(32(21)22)7-6-12(23)19(18)24/h3-9,11H,1-2H3/t11-/m0/s1. The largest absolute Gasteiger partial charge is 0.275 e. The van der Waals surface area contributed by atoms with E-state index in [0.717, 1.165) is 5.69 Å². The summed E-state index contributed by atoms with van der Waals surface area (Å²) in [6.07, 6.45) is 1.43. The lowest BCUT2D eigenvalue weighted by Crippen LogP contribution is -2.13. The molecule has 3 heterocycles. The van der Waals surface area contributed by atoms with Crippen molar-refractivity contribution in [1.82, 2.24) is 24.7 Å². The molecule has 0 bridgehead atoms. The SMILES string of the molecule is Cc1cc(-c2nnc3n2-c2ccc(Cl)c(Cl)c2C(c2c(F)cccc2F)=N[C@H]3C)ncn1. The summed E-state index contributed by atoms with van der Waals surface area (Å²) in [5, 5.41) is 8.96. The van der Waals surface area contributed by atoms with Gasteiger partial charge in [0, 0.05) is 11.3 Å². The summed E-state index contributed by atoms with van der Waals surface area (Å²) >= 11 is 12.9. The Balaban J connectivity index is 1.87. The highest BCUT2D eigenvalue weighted by molar-refractivity contribution is 6.45. The molecule has 0 unspecified atom stereocenters. The van der Waals surface area contributed by atoms with E-state index in [1.165, 1.54) is 24.5 Å². The van der Waals surface area contributed by atoms with Crippen molar-refractivity contribution in [3.8, 4) is 17.2 Å². The normalized spacial score (nSPS) is 15.1. The molecular formula is C22H14Cl2F2N6. The number of rotatable bonds is 2. The number of aryl methyl sites for hydroxylation is 1. The average molecular weight is 471 g/mol. The molecule has 160 valence electrons. The first kappa shape index (κ1) is 20.7. The van der Waals surface area contributed by atoms with Crippen molar-refractivity contribution in [3.05, 3.63) is 87.1 Å². The number of hydrogen-bond donors (Lipinski definition) is 0. The highest BCUT2D eigenvalue weighted by atomic mass is 35.5. The van der Waals surface area contributed by atoms with Gasteiger partial charge in [-0.1, -0.05) is 29.3 Å². The van der Waals surface area contributed by atoms with E-state index in [1.807, 2.05) is 6.92 Å². The van der Waals surface area contributed by atoms with E-state index >= 15 is 0 Å². The van der Waals surface area contributed by atoms with Crippen LogP contribution in [0.1, 0.15) is 35.6 Å². The molecule has 0 amide bonds. The minimum Gasteiger partial charge on any atom is -0.275 e. The number of hydrogen-bond acceptors (Lipinski definition) is 5. The highest BCUT2D eigenvalue weighted by Gasteiger charge is 2.32. The van der Waals surface area contributed by atoms with Gasteiger partial charge in [-0.15, -0.1) is 10.2 Å². The van der Waals surface area contributed by atoms with E-state index in [1.54, 1.807) is 29.7 Å².